The third-order valence-corrected chi connectivity index (χ3v) is 7.48. The van der Waals surface area contributed by atoms with Crippen LogP contribution in [-0.2, 0) is 11.3 Å². The van der Waals surface area contributed by atoms with Crippen molar-refractivity contribution in [2.24, 2.45) is 5.10 Å². The molecular weight excluding hydrogens is 616 g/mol. The molecule has 1 unspecified atom stereocenters. The summed E-state index contributed by atoms with van der Waals surface area (Å²) in [6.45, 7) is -0.0836. The van der Waals surface area contributed by atoms with Gasteiger partial charge in [0.25, 0.3) is 11.5 Å². The molecule has 0 spiro atoms. The van der Waals surface area contributed by atoms with E-state index < -0.39 is 0 Å². The quantitative estimate of drug-likeness (QED) is 0.287. The Morgan fingerprint density at radius 1 is 0.868 bits per heavy atom. The van der Waals surface area contributed by atoms with Crippen molar-refractivity contribution in [3.05, 3.63) is 109 Å². The van der Waals surface area contributed by atoms with Crippen LogP contribution in [-0.4, -0.2) is 33.2 Å². The van der Waals surface area contributed by atoms with Crippen LogP contribution < -0.4 is 15.0 Å². The molecule has 4 aromatic rings. The number of hydrogen-bond donors (Lipinski definition) is 0. The van der Waals surface area contributed by atoms with Crippen molar-refractivity contribution >= 4 is 43.5 Å². The van der Waals surface area contributed by atoms with Crippen LogP contribution in [0.2, 0.25) is 0 Å². The summed E-state index contributed by atoms with van der Waals surface area (Å²) in [6, 6.07) is 23.8. The predicted octanol–water partition coefficient (Wildman–Crippen LogP) is 5.54. The number of hydrazone groups is 1. The Hall–Kier alpha value is -3.76. The number of halogens is 2. The molecule has 3 heterocycles. The topological polar surface area (TPSA) is 86.0 Å². The van der Waals surface area contributed by atoms with Crippen LogP contribution in [0.1, 0.15) is 23.6 Å². The minimum Gasteiger partial charge on any atom is -0.454 e. The van der Waals surface area contributed by atoms with Gasteiger partial charge in [-0.3, -0.25) is 9.59 Å². The lowest BCUT2D eigenvalue weighted by Crippen LogP contribution is -2.34. The lowest BCUT2D eigenvalue weighted by Gasteiger charge is -2.22. The maximum Gasteiger partial charge on any atom is 0.267 e. The summed E-state index contributed by atoms with van der Waals surface area (Å²) in [5.41, 5.74) is 3.60. The fraction of sp³-hybridized carbons (Fsp3) is 0.143. The summed E-state index contributed by atoms with van der Waals surface area (Å²) < 4.78 is 13.9. The smallest absolute Gasteiger partial charge is 0.267 e. The maximum absolute atomic E-state index is 13.6. The van der Waals surface area contributed by atoms with Crippen LogP contribution >= 0.6 is 31.9 Å². The molecule has 10 heteroatoms. The van der Waals surface area contributed by atoms with Crippen LogP contribution in [0.5, 0.6) is 11.5 Å². The molecule has 38 heavy (non-hydrogen) atoms. The van der Waals surface area contributed by atoms with Crippen LogP contribution in [0.25, 0.3) is 11.3 Å². The summed E-state index contributed by atoms with van der Waals surface area (Å²) in [4.78, 5) is 26.3. The molecule has 3 aromatic carbocycles. The Kier molecular flexibility index (Phi) is 6.59. The van der Waals surface area contributed by atoms with Gasteiger partial charge in [0, 0.05) is 27.0 Å². The normalized spacial score (nSPS) is 16.0. The molecular formula is C28H20Br2N4O4. The first-order chi connectivity index (χ1) is 18.4. The lowest BCUT2D eigenvalue weighted by atomic mass is 9.98. The van der Waals surface area contributed by atoms with Gasteiger partial charge in [-0.1, -0.05) is 56.1 Å². The monoisotopic (exact) mass is 634 g/mol. The van der Waals surface area contributed by atoms with E-state index in [9.17, 15) is 9.59 Å². The van der Waals surface area contributed by atoms with E-state index in [0.29, 0.717) is 23.6 Å². The van der Waals surface area contributed by atoms with E-state index >= 15 is 0 Å². The fourth-order valence-corrected chi connectivity index (χ4v) is 5.00. The van der Waals surface area contributed by atoms with Gasteiger partial charge in [-0.25, -0.2) is 9.69 Å². The Balaban J connectivity index is 1.31. The highest BCUT2D eigenvalue weighted by atomic mass is 79.9. The molecule has 0 saturated carbocycles. The second-order valence-electron chi connectivity index (χ2n) is 8.85. The number of benzene rings is 3. The van der Waals surface area contributed by atoms with Crippen molar-refractivity contribution in [3.8, 4) is 22.8 Å². The van der Waals surface area contributed by atoms with Gasteiger partial charge in [0.2, 0.25) is 6.79 Å². The molecule has 0 bridgehead atoms. The molecule has 8 nitrogen and oxygen atoms in total. The molecule has 0 saturated heterocycles. The predicted molar refractivity (Wildman–Crippen MR) is 149 cm³/mol. The molecule has 6 rings (SSSR count). The molecule has 1 amide bonds. The number of aromatic nitrogens is 2. The van der Waals surface area contributed by atoms with Gasteiger partial charge >= 0.3 is 0 Å². The van der Waals surface area contributed by atoms with E-state index in [-0.39, 0.29) is 30.8 Å². The number of hydrogen-bond acceptors (Lipinski definition) is 6. The molecule has 0 aliphatic carbocycles. The third kappa shape index (κ3) is 4.89. The summed E-state index contributed by atoms with van der Waals surface area (Å²) in [6.07, 6.45) is 0.550. The van der Waals surface area contributed by atoms with Crippen LogP contribution in [0.3, 0.4) is 0 Å². The van der Waals surface area contributed by atoms with Crippen molar-refractivity contribution in [3.63, 3.8) is 0 Å². The van der Waals surface area contributed by atoms with Gasteiger partial charge in [-0.15, -0.1) is 0 Å². The molecule has 2 aliphatic heterocycles. The average Bonchev–Trinajstić information content (AvgIpc) is 3.58. The highest BCUT2D eigenvalue weighted by Crippen LogP contribution is 2.36. The van der Waals surface area contributed by atoms with E-state index in [4.69, 9.17) is 14.6 Å². The largest absolute Gasteiger partial charge is 0.454 e. The van der Waals surface area contributed by atoms with Gasteiger partial charge in [0.05, 0.1) is 17.4 Å². The van der Waals surface area contributed by atoms with Crippen molar-refractivity contribution in [2.45, 2.75) is 19.0 Å². The first-order valence-electron chi connectivity index (χ1n) is 11.8. The molecule has 2 aliphatic rings. The van der Waals surface area contributed by atoms with Gasteiger partial charge in [-0.2, -0.15) is 10.2 Å². The summed E-state index contributed by atoms with van der Waals surface area (Å²) in [5.74, 6) is 0.939. The highest BCUT2D eigenvalue weighted by Gasteiger charge is 2.33. The molecule has 190 valence electrons. The second-order valence-corrected chi connectivity index (χ2v) is 10.7. The first kappa shape index (κ1) is 24.6. The van der Waals surface area contributed by atoms with Crippen molar-refractivity contribution in [1.82, 2.24) is 14.8 Å². The molecule has 0 radical (unpaired) electrons. The Morgan fingerprint density at radius 3 is 2.32 bits per heavy atom. The minimum absolute atomic E-state index is 0.165. The van der Waals surface area contributed by atoms with Crippen molar-refractivity contribution in [2.75, 3.05) is 6.79 Å². The lowest BCUT2D eigenvalue weighted by molar-refractivity contribution is -0.133. The van der Waals surface area contributed by atoms with Crippen LogP contribution in [0, 0.1) is 0 Å². The Morgan fingerprint density at radius 2 is 1.55 bits per heavy atom. The van der Waals surface area contributed by atoms with Crippen LogP contribution in [0.15, 0.2) is 97.7 Å². The standard InChI is InChI=1S/C28H20Br2N4O4/c29-20-6-1-17(2-7-20)23-14-24(18-3-8-21(30)9-4-18)34(32-23)28(36)15-33-27(35)12-10-22(31-33)19-5-11-25-26(13-19)38-16-37-25/h1-13,24H,14-16H2. The van der Waals surface area contributed by atoms with E-state index in [0.717, 1.165) is 31.3 Å². The molecule has 1 atom stereocenters. The Bertz CT molecular complexity index is 1620. The van der Waals surface area contributed by atoms with Gasteiger partial charge in [0.15, 0.2) is 11.5 Å². The summed E-state index contributed by atoms with van der Waals surface area (Å²) in [7, 11) is 0. The summed E-state index contributed by atoms with van der Waals surface area (Å²) >= 11 is 6.94. The van der Waals surface area contributed by atoms with Gasteiger partial charge in [0.1, 0.15) is 6.54 Å². The highest BCUT2D eigenvalue weighted by molar-refractivity contribution is 9.10. The SMILES string of the molecule is O=C(Cn1nc(-c2ccc3c(c2)OCO3)ccc1=O)N1N=C(c2ccc(Br)cc2)CC1c1ccc(Br)cc1. The molecule has 1 aromatic heterocycles. The van der Waals surface area contributed by atoms with Crippen molar-refractivity contribution in [1.29, 1.82) is 0 Å². The van der Waals surface area contributed by atoms with Gasteiger partial charge < -0.3 is 9.47 Å². The molecule has 0 N–H and O–H groups in total. The van der Waals surface area contributed by atoms with E-state index in [2.05, 4.69) is 37.0 Å². The van der Waals surface area contributed by atoms with E-state index in [1.807, 2.05) is 54.6 Å². The van der Waals surface area contributed by atoms with Gasteiger partial charge in [-0.05, 0) is 59.7 Å². The zero-order valence-corrected chi connectivity index (χ0v) is 23.1. The number of nitrogens with zero attached hydrogens (tertiary/aromatic N) is 4. The summed E-state index contributed by atoms with van der Waals surface area (Å²) in [5, 5.41) is 10.7. The number of carbonyl (C=O) groups excluding carboxylic acids is 1. The number of rotatable bonds is 5. The number of carbonyl (C=O) groups is 1. The zero-order chi connectivity index (χ0) is 26.2. The number of ether oxygens (including phenoxy) is 2. The maximum atomic E-state index is 13.6. The van der Waals surface area contributed by atoms with Crippen molar-refractivity contribution < 1.29 is 14.3 Å². The molecule has 0 fully saturated rings. The zero-order valence-electron chi connectivity index (χ0n) is 19.9. The number of fused-ring (bicyclic) bond motifs is 1. The second kappa shape index (κ2) is 10.2. The minimum atomic E-state index is -0.376. The van der Waals surface area contributed by atoms with E-state index in [1.54, 1.807) is 18.2 Å². The Labute approximate surface area is 234 Å². The fourth-order valence-electron chi connectivity index (χ4n) is 4.47. The number of amides is 1. The van der Waals surface area contributed by atoms with E-state index in [1.165, 1.54) is 15.8 Å². The first-order valence-corrected chi connectivity index (χ1v) is 13.4. The van der Waals surface area contributed by atoms with Crippen LogP contribution in [0.4, 0.5) is 0 Å². The third-order valence-electron chi connectivity index (χ3n) is 6.42. The average molecular weight is 636 g/mol.